The molecule has 2 atom stereocenters. The standard InChI is InChI=1S/C16H23N3O2.ClH/c1-12(13-6-3-2-4-7-13)19-11-14(10-15(19)20)16(21)18-9-5-8-17;/h2-4,6-7,12,14H,5,8-11,17H2,1H3,(H,18,21);1H. The van der Waals surface area contributed by atoms with Crippen LogP contribution in [0.1, 0.15) is 31.4 Å². The summed E-state index contributed by atoms with van der Waals surface area (Å²) in [5.74, 6) is -0.244. The molecule has 2 unspecified atom stereocenters. The molecule has 3 N–H and O–H groups in total. The minimum absolute atomic E-state index is 0. The molecule has 22 heavy (non-hydrogen) atoms. The van der Waals surface area contributed by atoms with Gasteiger partial charge in [0.2, 0.25) is 11.8 Å². The molecule has 2 amide bonds. The van der Waals surface area contributed by atoms with E-state index >= 15 is 0 Å². The second-order valence-electron chi connectivity index (χ2n) is 5.47. The summed E-state index contributed by atoms with van der Waals surface area (Å²) < 4.78 is 0. The number of rotatable bonds is 6. The minimum Gasteiger partial charge on any atom is -0.356 e. The van der Waals surface area contributed by atoms with Crippen molar-refractivity contribution in [1.82, 2.24) is 10.2 Å². The van der Waals surface area contributed by atoms with Crippen molar-refractivity contribution in [3.63, 3.8) is 0 Å². The van der Waals surface area contributed by atoms with Gasteiger partial charge in [-0.3, -0.25) is 9.59 Å². The van der Waals surface area contributed by atoms with Gasteiger partial charge in [0.05, 0.1) is 12.0 Å². The van der Waals surface area contributed by atoms with Gasteiger partial charge in [0.1, 0.15) is 0 Å². The van der Waals surface area contributed by atoms with E-state index in [1.165, 1.54) is 0 Å². The fraction of sp³-hybridized carbons (Fsp3) is 0.500. The van der Waals surface area contributed by atoms with Gasteiger partial charge in [0.15, 0.2) is 0 Å². The molecule has 0 aliphatic carbocycles. The molecular formula is C16H24ClN3O2. The summed E-state index contributed by atoms with van der Waals surface area (Å²) in [5, 5.41) is 2.85. The molecule has 0 spiro atoms. The van der Waals surface area contributed by atoms with Gasteiger partial charge < -0.3 is 16.0 Å². The normalized spacial score (nSPS) is 18.7. The van der Waals surface area contributed by atoms with E-state index in [9.17, 15) is 9.59 Å². The quantitative estimate of drug-likeness (QED) is 0.778. The first-order valence-corrected chi connectivity index (χ1v) is 7.45. The Hall–Kier alpha value is -1.59. The van der Waals surface area contributed by atoms with Crippen LogP contribution in [0.4, 0.5) is 0 Å². The predicted octanol–water partition coefficient (Wildman–Crippen LogP) is 1.48. The Balaban J connectivity index is 0.00000242. The van der Waals surface area contributed by atoms with Gasteiger partial charge >= 0.3 is 0 Å². The van der Waals surface area contributed by atoms with Crippen LogP contribution in [0.5, 0.6) is 0 Å². The van der Waals surface area contributed by atoms with Crippen molar-refractivity contribution in [3.8, 4) is 0 Å². The van der Waals surface area contributed by atoms with Crippen molar-refractivity contribution in [2.45, 2.75) is 25.8 Å². The molecule has 0 radical (unpaired) electrons. The average molecular weight is 326 g/mol. The Morgan fingerprint density at radius 1 is 1.41 bits per heavy atom. The van der Waals surface area contributed by atoms with Crippen molar-refractivity contribution < 1.29 is 9.59 Å². The number of carbonyl (C=O) groups excluding carboxylic acids is 2. The highest BCUT2D eigenvalue weighted by Gasteiger charge is 2.36. The Morgan fingerprint density at radius 2 is 2.09 bits per heavy atom. The number of hydrogen-bond donors (Lipinski definition) is 2. The summed E-state index contributed by atoms with van der Waals surface area (Å²) in [6.45, 7) is 3.63. The van der Waals surface area contributed by atoms with Gasteiger partial charge in [0, 0.05) is 19.5 Å². The molecule has 2 rings (SSSR count). The van der Waals surface area contributed by atoms with E-state index in [1.807, 2.05) is 37.3 Å². The first-order valence-electron chi connectivity index (χ1n) is 7.45. The van der Waals surface area contributed by atoms with Crippen LogP contribution in [0.3, 0.4) is 0 Å². The van der Waals surface area contributed by atoms with Crippen LogP contribution in [-0.2, 0) is 9.59 Å². The van der Waals surface area contributed by atoms with Gasteiger partial charge in [0.25, 0.3) is 0 Å². The van der Waals surface area contributed by atoms with Crippen molar-refractivity contribution in [2.24, 2.45) is 11.7 Å². The summed E-state index contributed by atoms with van der Waals surface area (Å²) >= 11 is 0. The molecule has 122 valence electrons. The summed E-state index contributed by atoms with van der Waals surface area (Å²) in [6, 6.07) is 9.89. The van der Waals surface area contributed by atoms with E-state index in [2.05, 4.69) is 5.32 Å². The number of hydrogen-bond acceptors (Lipinski definition) is 3. The lowest BCUT2D eigenvalue weighted by Gasteiger charge is -2.25. The lowest BCUT2D eigenvalue weighted by atomic mass is 10.1. The van der Waals surface area contributed by atoms with E-state index in [0.717, 1.165) is 12.0 Å². The highest BCUT2D eigenvalue weighted by Crippen LogP contribution is 2.28. The van der Waals surface area contributed by atoms with Crippen molar-refractivity contribution >= 4 is 24.2 Å². The number of nitrogens with one attached hydrogen (secondary N) is 1. The molecule has 1 aromatic rings. The van der Waals surface area contributed by atoms with Crippen LogP contribution in [-0.4, -0.2) is 36.3 Å². The highest BCUT2D eigenvalue weighted by molar-refractivity contribution is 5.89. The van der Waals surface area contributed by atoms with Crippen LogP contribution < -0.4 is 11.1 Å². The first-order chi connectivity index (χ1) is 10.1. The number of nitrogens with zero attached hydrogens (tertiary/aromatic N) is 1. The van der Waals surface area contributed by atoms with E-state index in [1.54, 1.807) is 4.90 Å². The van der Waals surface area contributed by atoms with Crippen LogP contribution in [0.2, 0.25) is 0 Å². The van der Waals surface area contributed by atoms with Crippen molar-refractivity contribution in [1.29, 1.82) is 0 Å². The molecule has 1 aliphatic heterocycles. The van der Waals surface area contributed by atoms with Crippen LogP contribution in [0.25, 0.3) is 0 Å². The molecule has 1 heterocycles. The van der Waals surface area contributed by atoms with Gasteiger partial charge in [-0.1, -0.05) is 30.3 Å². The lowest BCUT2D eigenvalue weighted by Crippen LogP contribution is -2.34. The number of nitrogens with two attached hydrogens (primary N) is 1. The molecular weight excluding hydrogens is 302 g/mol. The van der Waals surface area contributed by atoms with Gasteiger partial charge in [-0.25, -0.2) is 0 Å². The Bertz CT molecular complexity index is 495. The molecule has 1 aromatic carbocycles. The fourth-order valence-corrected chi connectivity index (χ4v) is 2.65. The van der Waals surface area contributed by atoms with E-state index in [0.29, 0.717) is 26.1 Å². The maximum Gasteiger partial charge on any atom is 0.225 e. The molecule has 1 saturated heterocycles. The Kier molecular flexibility index (Phi) is 7.35. The second kappa shape index (κ2) is 8.76. The third-order valence-electron chi connectivity index (χ3n) is 3.96. The molecule has 5 nitrogen and oxygen atoms in total. The van der Waals surface area contributed by atoms with Gasteiger partial charge in [-0.2, -0.15) is 0 Å². The van der Waals surface area contributed by atoms with Crippen molar-refractivity contribution in [3.05, 3.63) is 35.9 Å². The molecule has 1 aliphatic rings. The topological polar surface area (TPSA) is 75.4 Å². The zero-order chi connectivity index (χ0) is 15.2. The zero-order valence-electron chi connectivity index (χ0n) is 12.8. The van der Waals surface area contributed by atoms with Crippen molar-refractivity contribution in [2.75, 3.05) is 19.6 Å². The largest absolute Gasteiger partial charge is 0.356 e. The summed E-state index contributed by atoms with van der Waals surface area (Å²) in [7, 11) is 0. The van der Waals surface area contributed by atoms with Crippen LogP contribution in [0.15, 0.2) is 30.3 Å². The maximum atomic E-state index is 12.2. The smallest absolute Gasteiger partial charge is 0.225 e. The number of halogens is 1. The monoisotopic (exact) mass is 325 g/mol. The van der Waals surface area contributed by atoms with Crippen LogP contribution >= 0.6 is 12.4 Å². The Morgan fingerprint density at radius 3 is 2.73 bits per heavy atom. The summed E-state index contributed by atoms with van der Waals surface area (Å²) in [6.07, 6.45) is 1.06. The van der Waals surface area contributed by atoms with Crippen LogP contribution in [0, 0.1) is 5.92 Å². The summed E-state index contributed by atoms with van der Waals surface area (Å²) in [5.41, 5.74) is 6.50. The maximum absolute atomic E-state index is 12.2. The summed E-state index contributed by atoms with van der Waals surface area (Å²) in [4.78, 5) is 26.0. The van der Waals surface area contributed by atoms with Gasteiger partial charge in [-0.15, -0.1) is 12.4 Å². The molecule has 0 bridgehead atoms. The molecule has 0 aromatic heterocycles. The number of carbonyl (C=O) groups is 2. The Labute approximate surface area is 137 Å². The molecule has 6 heteroatoms. The highest BCUT2D eigenvalue weighted by atomic mass is 35.5. The number of benzene rings is 1. The molecule has 0 saturated carbocycles. The third kappa shape index (κ3) is 4.45. The van der Waals surface area contributed by atoms with Gasteiger partial charge in [-0.05, 0) is 25.5 Å². The first kappa shape index (κ1) is 18.5. The predicted molar refractivity (Wildman–Crippen MR) is 88.6 cm³/mol. The zero-order valence-corrected chi connectivity index (χ0v) is 13.6. The lowest BCUT2D eigenvalue weighted by molar-refractivity contribution is -0.130. The minimum atomic E-state index is -0.249. The molecule has 1 fully saturated rings. The number of amides is 2. The SMILES string of the molecule is CC(c1ccccc1)N1CC(C(=O)NCCCN)CC1=O.Cl. The number of likely N-dealkylation sites (tertiary alicyclic amines) is 1. The van der Waals surface area contributed by atoms with E-state index < -0.39 is 0 Å². The van der Waals surface area contributed by atoms with E-state index in [-0.39, 0.29) is 36.2 Å². The third-order valence-corrected chi connectivity index (χ3v) is 3.96. The average Bonchev–Trinajstić information content (AvgIpc) is 2.89. The van der Waals surface area contributed by atoms with E-state index in [4.69, 9.17) is 5.73 Å². The second-order valence-corrected chi connectivity index (χ2v) is 5.47. The fourth-order valence-electron chi connectivity index (χ4n) is 2.65.